The monoisotopic (exact) mass is 506 g/mol. The van der Waals surface area contributed by atoms with Crippen LogP contribution in [-0.4, -0.2) is 66.8 Å². The van der Waals surface area contributed by atoms with E-state index >= 15 is 4.39 Å². The van der Waals surface area contributed by atoms with Crippen LogP contribution in [0.3, 0.4) is 0 Å². The first-order chi connectivity index (χ1) is 15.8. The third-order valence-electron chi connectivity index (χ3n) is 5.88. The smallest absolute Gasteiger partial charge is 0.404 e. The van der Waals surface area contributed by atoms with Gasteiger partial charge in [0, 0.05) is 11.8 Å². The van der Waals surface area contributed by atoms with Crippen molar-refractivity contribution in [3.63, 3.8) is 0 Å². The van der Waals surface area contributed by atoms with Gasteiger partial charge in [0.25, 0.3) is 5.85 Å². The zero-order valence-corrected chi connectivity index (χ0v) is 20.1. The molecule has 3 N–H and O–H groups in total. The Morgan fingerprint density at radius 3 is 2.74 bits per heavy atom. The molecule has 1 aromatic heterocycles. The number of aliphatic hydroxyl groups excluding tert-OH is 2. The first kappa shape index (κ1) is 24.9. The molecule has 4 rings (SSSR count). The molecule has 5 atom stereocenters. The molecule has 0 aliphatic carbocycles. The number of H-pyrrole nitrogens is 1. The number of nitrogens with one attached hydrogen (secondary N) is 1. The van der Waals surface area contributed by atoms with Gasteiger partial charge in [0.05, 0.1) is 17.6 Å². The van der Waals surface area contributed by atoms with E-state index in [4.69, 9.17) is 36.9 Å². The molecule has 1 fully saturated rings. The molecule has 0 amide bonds. The van der Waals surface area contributed by atoms with E-state index in [2.05, 4.69) is 10.9 Å². The van der Waals surface area contributed by atoms with Crippen molar-refractivity contribution in [2.75, 3.05) is 0 Å². The Balaban J connectivity index is 1.70. The third-order valence-corrected chi connectivity index (χ3v) is 7.75. The number of nitrogens with zero attached hydrogens (tertiary/aromatic N) is 1. The number of phosphoric ester groups is 1. The number of benzene rings is 1. The van der Waals surface area contributed by atoms with Gasteiger partial charge >= 0.3 is 13.5 Å². The molecule has 2 aliphatic rings. The van der Waals surface area contributed by atoms with Gasteiger partial charge in [-0.3, -0.25) is 18.6 Å². The summed E-state index contributed by atoms with van der Waals surface area (Å²) in [4.78, 5) is 14.9. The maximum absolute atomic E-state index is 16.4. The van der Waals surface area contributed by atoms with Crippen molar-refractivity contribution in [1.82, 2.24) is 9.55 Å². The number of alkyl halides is 1. The number of phosphoric acid groups is 1. The number of aromatic nitrogens is 2. The SMILES string of the molecule is BC(B)(OP1(=O)OCc2ccccc2O1)[C@@]1(F)O[C@@](B)(n2cc(C#C)c(=S)[nH]c2=O)[C@H](O)[C@@H]1O. The van der Waals surface area contributed by atoms with E-state index in [1.54, 1.807) is 24.3 Å². The lowest BCUT2D eigenvalue weighted by atomic mass is 9.59. The summed E-state index contributed by atoms with van der Waals surface area (Å²) in [6, 6.07) is 6.62. The van der Waals surface area contributed by atoms with Gasteiger partial charge in [0.1, 0.15) is 43.9 Å². The predicted molar refractivity (Wildman–Crippen MR) is 128 cm³/mol. The van der Waals surface area contributed by atoms with E-state index in [0.29, 0.717) is 5.56 Å². The Hall–Kier alpha value is -2.17. The van der Waals surface area contributed by atoms with Crippen molar-refractivity contribution >= 4 is 43.6 Å². The van der Waals surface area contributed by atoms with Gasteiger partial charge in [-0.15, -0.1) is 6.42 Å². The lowest BCUT2D eigenvalue weighted by Crippen LogP contribution is -2.60. The van der Waals surface area contributed by atoms with Crippen molar-refractivity contribution in [2.24, 2.45) is 0 Å². The molecule has 0 spiro atoms. The highest BCUT2D eigenvalue weighted by molar-refractivity contribution is 7.71. The number of hydrogen-bond donors (Lipinski definition) is 3. The molecule has 16 heteroatoms. The maximum atomic E-state index is 16.4. The summed E-state index contributed by atoms with van der Waals surface area (Å²) in [5.74, 6) is -0.697. The molecule has 176 valence electrons. The van der Waals surface area contributed by atoms with Crippen molar-refractivity contribution in [3.05, 3.63) is 56.7 Å². The lowest BCUT2D eigenvalue weighted by molar-refractivity contribution is -0.240. The number of halogens is 1. The minimum Gasteiger partial charge on any atom is -0.404 e. The topological polar surface area (TPSA) is 132 Å². The largest absolute Gasteiger partial charge is 0.529 e. The molecule has 10 nitrogen and oxygen atoms in total. The molecule has 2 aromatic rings. The van der Waals surface area contributed by atoms with Crippen molar-refractivity contribution in [3.8, 4) is 18.1 Å². The Morgan fingerprint density at radius 2 is 2.06 bits per heavy atom. The van der Waals surface area contributed by atoms with Gasteiger partial charge in [-0.05, 0) is 6.07 Å². The Kier molecular flexibility index (Phi) is 6.02. The Morgan fingerprint density at radius 1 is 1.38 bits per heavy atom. The number of rotatable bonds is 4. The third kappa shape index (κ3) is 3.80. The summed E-state index contributed by atoms with van der Waals surface area (Å²) in [6.07, 6.45) is 2.26. The van der Waals surface area contributed by atoms with E-state index < -0.39 is 42.6 Å². The number of hydrogen-bond acceptors (Lipinski definition) is 9. The summed E-state index contributed by atoms with van der Waals surface area (Å²) >= 11 is 4.98. The predicted octanol–water partition coefficient (Wildman–Crippen LogP) is -1.80. The molecule has 2 aliphatic heterocycles. The minimum absolute atomic E-state index is 0.0412. The molecule has 34 heavy (non-hydrogen) atoms. The van der Waals surface area contributed by atoms with Crippen LogP contribution in [0.2, 0.25) is 0 Å². The summed E-state index contributed by atoms with van der Waals surface area (Å²) in [6.45, 7) is -0.125. The summed E-state index contributed by atoms with van der Waals surface area (Å²) < 4.78 is 51.8. The van der Waals surface area contributed by atoms with Crippen LogP contribution in [0.25, 0.3) is 0 Å². The molecule has 0 bridgehead atoms. The van der Waals surface area contributed by atoms with E-state index in [0.717, 1.165) is 26.5 Å². The quantitative estimate of drug-likeness (QED) is 0.191. The molecule has 0 saturated carbocycles. The maximum Gasteiger partial charge on any atom is 0.529 e. The number of para-hydroxylation sites is 1. The molecule has 1 aromatic carbocycles. The van der Waals surface area contributed by atoms with E-state index in [9.17, 15) is 19.6 Å². The second-order valence-corrected chi connectivity index (χ2v) is 10.5. The second-order valence-electron chi connectivity index (χ2n) is 8.53. The second kappa shape index (κ2) is 8.21. The zero-order valence-electron chi connectivity index (χ0n) is 18.4. The van der Waals surface area contributed by atoms with Crippen LogP contribution in [0, 0.1) is 17.0 Å². The van der Waals surface area contributed by atoms with Crippen LogP contribution in [-0.2, 0) is 30.6 Å². The highest BCUT2D eigenvalue weighted by Gasteiger charge is 2.69. The van der Waals surface area contributed by atoms with Gasteiger partial charge in [-0.2, -0.15) is 0 Å². The number of aromatic amines is 1. The van der Waals surface area contributed by atoms with Crippen molar-refractivity contribution in [2.45, 2.75) is 35.7 Å². The van der Waals surface area contributed by atoms with E-state index in [1.165, 1.54) is 7.85 Å². The Bertz CT molecular complexity index is 1370. The fourth-order valence-electron chi connectivity index (χ4n) is 3.89. The fraction of sp³-hybridized carbons (Fsp3) is 0.333. The van der Waals surface area contributed by atoms with E-state index in [-0.39, 0.29) is 22.6 Å². The summed E-state index contributed by atoms with van der Waals surface area (Å²) in [7, 11) is -0.940. The van der Waals surface area contributed by atoms with Crippen LogP contribution < -0.4 is 10.2 Å². The number of ether oxygens (including phenoxy) is 1. The fourth-order valence-corrected chi connectivity index (χ4v) is 5.63. The molecular formula is C18H19B3FN2O8PS. The molecule has 0 radical (unpaired) electrons. The average molecular weight is 506 g/mol. The van der Waals surface area contributed by atoms with Gasteiger partial charge in [-0.1, -0.05) is 36.3 Å². The first-order valence-corrected chi connectivity index (χ1v) is 11.9. The molecule has 1 saturated heterocycles. The van der Waals surface area contributed by atoms with Gasteiger partial charge in [0.2, 0.25) is 0 Å². The minimum atomic E-state index is -4.38. The van der Waals surface area contributed by atoms with Crippen molar-refractivity contribution < 1.29 is 37.5 Å². The molecule has 3 heterocycles. The zero-order chi connectivity index (χ0) is 25.1. The Labute approximate surface area is 201 Å². The van der Waals surface area contributed by atoms with Crippen LogP contribution >= 0.6 is 20.0 Å². The molecular weight excluding hydrogens is 487 g/mol. The van der Waals surface area contributed by atoms with Crippen LogP contribution in [0.4, 0.5) is 4.39 Å². The lowest BCUT2D eigenvalue weighted by Gasteiger charge is -2.41. The molecule has 1 unspecified atom stereocenters. The number of fused-ring (bicyclic) bond motifs is 1. The van der Waals surface area contributed by atoms with Crippen LogP contribution in [0.15, 0.2) is 35.3 Å². The highest BCUT2D eigenvalue weighted by atomic mass is 32.1. The average Bonchev–Trinajstić information content (AvgIpc) is 2.94. The van der Waals surface area contributed by atoms with E-state index in [1.807, 2.05) is 0 Å². The number of aliphatic hydroxyl groups is 2. The highest BCUT2D eigenvalue weighted by Crippen LogP contribution is 2.59. The van der Waals surface area contributed by atoms with Gasteiger partial charge < -0.3 is 19.5 Å². The standard InChI is InChI=1S/C18H19B3FN2O8PS/c1-2-9-7-24(15(27)23-14(9)34)17(19)13(26)12(25)16(22,31-17)18(20,21)32-33(28)29-8-10-5-3-4-6-11(10)30-33/h1,3-7,12-13,25-26H,8,19-21H2,(H,23,27,34)/t12-,13+,16-,17-,33?/m0/s1. The van der Waals surface area contributed by atoms with Crippen LogP contribution in [0.1, 0.15) is 11.1 Å². The first-order valence-electron chi connectivity index (χ1n) is 10.1. The normalized spacial score (nSPS) is 33.0. The van der Waals surface area contributed by atoms with Gasteiger partial charge in [0.15, 0.2) is 7.85 Å². The number of terminal acetylenes is 1. The summed E-state index contributed by atoms with van der Waals surface area (Å²) in [5, 5.41) is 19.3. The summed E-state index contributed by atoms with van der Waals surface area (Å²) in [5.41, 5.74) is -2.35. The van der Waals surface area contributed by atoms with Gasteiger partial charge in [-0.25, -0.2) is 13.8 Å². The van der Waals surface area contributed by atoms with Crippen molar-refractivity contribution in [1.29, 1.82) is 0 Å². The van der Waals surface area contributed by atoms with Crippen LogP contribution in [0.5, 0.6) is 5.75 Å².